The Balaban J connectivity index is 2.34. The van der Waals surface area contributed by atoms with E-state index < -0.39 is 0 Å². The molecule has 1 aliphatic rings. The zero-order chi connectivity index (χ0) is 11.8. The van der Waals surface area contributed by atoms with Crippen LogP contribution in [0.15, 0.2) is 0 Å². The number of rotatable bonds is 6. The summed E-state index contributed by atoms with van der Waals surface area (Å²) in [6.45, 7) is 3.89. The van der Waals surface area contributed by atoms with Crippen LogP contribution >= 0.6 is 27.7 Å². The van der Waals surface area contributed by atoms with Crippen LogP contribution < -0.4 is 0 Å². The van der Waals surface area contributed by atoms with Crippen molar-refractivity contribution in [3.8, 4) is 0 Å². The Morgan fingerprint density at radius 2 is 2.06 bits per heavy atom. The maximum absolute atomic E-state index is 12.1. The number of nitrogens with zero attached hydrogens (tertiary/aromatic N) is 1. The van der Waals surface area contributed by atoms with Gasteiger partial charge in [-0.3, -0.25) is 4.79 Å². The minimum atomic E-state index is 0.359. The van der Waals surface area contributed by atoms with Crippen molar-refractivity contribution in [2.75, 3.05) is 29.9 Å². The fourth-order valence-electron chi connectivity index (χ4n) is 2.06. The van der Waals surface area contributed by atoms with Crippen LogP contribution in [0.25, 0.3) is 0 Å². The van der Waals surface area contributed by atoms with Crippen molar-refractivity contribution in [3.05, 3.63) is 0 Å². The van der Waals surface area contributed by atoms with Crippen molar-refractivity contribution in [1.82, 2.24) is 4.90 Å². The highest BCUT2D eigenvalue weighted by molar-refractivity contribution is 9.09. The van der Waals surface area contributed by atoms with Gasteiger partial charge in [0.25, 0.3) is 0 Å². The molecule has 0 saturated carbocycles. The molecule has 16 heavy (non-hydrogen) atoms. The van der Waals surface area contributed by atoms with Crippen molar-refractivity contribution >= 4 is 33.6 Å². The van der Waals surface area contributed by atoms with Crippen LogP contribution in [0.5, 0.6) is 0 Å². The number of alkyl halides is 1. The van der Waals surface area contributed by atoms with Gasteiger partial charge >= 0.3 is 0 Å². The zero-order valence-electron chi connectivity index (χ0n) is 10.1. The van der Waals surface area contributed by atoms with Gasteiger partial charge in [0, 0.05) is 24.8 Å². The van der Waals surface area contributed by atoms with Crippen LogP contribution in [0.3, 0.4) is 0 Å². The van der Waals surface area contributed by atoms with E-state index in [1.165, 1.54) is 24.3 Å². The first kappa shape index (κ1) is 14.4. The van der Waals surface area contributed by atoms with Gasteiger partial charge in [-0.25, -0.2) is 0 Å². The lowest BCUT2D eigenvalue weighted by Crippen LogP contribution is -2.35. The maximum atomic E-state index is 12.1. The Labute approximate surface area is 112 Å². The number of hydrogen-bond acceptors (Lipinski definition) is 2. The predicted octanol–water partition coefficient (Wildman–Crippen LogP) is 3.15. The Bertz CT molecular complexity index is 201. The van der Waals surface area contributed by atoms with Crippen LogP contribution in [-0.4, -0.2) is 40.7 Å². The number of carbonyl (C=O) groups excluding carboxylic acids is 1. The molecule has 0 aliphatic carbocycles. The molecule has 1 rings (SSSR count). The van der Waals surface area contributed by atoms with E-state index in [0.717, 1.165) is 31.3 Å². The van der Waals surface area contributed by atoms with Gasteiger partial charge in [-0.05, 0) is 36.7 Å². The second-order valence-electron chi connectivity index (χ2n) is 4.33. The number of carbonyl (C=O) groups is 1. The zero-order valence-corrected chi connectivity index (χ0v) is 12.5. The van der Waals surface area contributed by atoms with Crippen molar-refractivity contribution in [2.24, 2.45) is 5.92 Å². The minimum absolute atomic E-state index is 0.359. The Morgan fingerprint density at radius 3 is 2.62 bits per heavy atom. The molecule has 0 spiro atoms. The molecular formula is C12H22BrNOS. The van der Waals surface area contributed by atoms with Gasteiger partial charge in [0.2, 0.25) is 5.91 Å². The first-order chi connectivity index (χ1) is 7.77. The molecule has 0 aromatic rings. The number of hydrogen-bond donors (Lipinski definition) is 0. The van der Waals surface area contributed by atoms with Gasteiger partial charge in [-0.2, -0.15) is 11.8 Å². The quantitative estimate of drug-likeness (QED) is 0.703. The molecule has 2 nitrogen and oxygen atoms in total. The summed E-state index contributed by atoms with van der Waals surface area (Å²) in [6.07, 6.45) is 4.28. The van der Waals surface area contributed by atoms with E-state index in [2.05, 4.69) is 22.9 Å². The van der Waals surface area contributed by atoms with Crippen LogP contribution in [0.1, 0.15) is 32.6 Å². The van der Waals surface area contributed by atoms with E-state index in [9.17, 15) is 4.79 Å². The SMILES string of the molecule is CCCN(CCBr)C(=O)CC1CCSCC1. The summed E-state index contributed by atoms with van der Waals surface area (Å²) >= 11 is 5.44. The van der Waals surface area contributed by atoms with Crippen molar-refractivity contribution in [2.45, 2.75) is 32.6 Å². The summed E-state index contributed by atoms with van der Waals surface area (Å²) in [5.74, 6) is 3.48. The summed E-state index contributed by atoms with van der Waals surface area (Å²) in [7, 11) is 0. The molecule has 1 aliphatic heterocycles. The summed E-state index contributed by atoms with van der Waals surface area (Å²) in [6, 6.07) is 0. The van der Waals surface area contributed by atoms with E-state index >= 15 is 0 Å². The highest BCUT2D eigenvalue weighted by Gasteiger charge is 2.20. The number of halogens is 1. The fraction of sp³-hybridized carbons (Fsp3) is 0.917. The summed E-state index contributed by atoms with van der Waals surface area (Å²) < 4.78 is 0. The molecule has 0 unspecified atom stereocenters. The van der Waals surface area contributed by atoms with Crippen LogP contribution in [-0.2, 0) is 4.79 Å². The van der Waals surface area contributed by atoms with Gasteiger partial charge in [0.05, 0.1) is 0 Å². The van der Waals surface area contributed by atoms with Gasteiger partial charge in [0.15, 0.2) is 0 Å². The molecule has 4 heteroatoms. The van der Waals surface area contributed by atoms with Gasteiger partial charge in [-0.1, -0.05) is 22.9 Å². The second-order valence-corrected chi connectivity index (χ2v) is 6.35. The van der Waals surface area contributed by atoms with Crippen LogP contribution in [0, 0.1) is 5.92 Å². The van der Waals surface area contributed by atoms with Gasteiger partial charge in [-0.15, -0.1) is 0 Å². The van der Waals surface area contributed by atoms with E-state index in [-0.39, 0.29) is 0 Å². The van der Waals surface area contributed by atoms with Crippen molar-refractivity contribution in [3.63, 3.8) is 0 Å². The van der Waals surface area contributed by atoms with E-state index in [1.807, 2.05) is 16.7 Å². The van der Waals surface area contributed by atoms with Crippen LogP contribution in [0.2, 0.25) is 0 Å². The van der Waals surface area contributed by atoms with Crippen molar-refractivity contribution < 1.29 is 4.79 Å². The highest BCUT2D eigenvalue weighted by Crippen LogP contribution is 2.25. The lowest BCUT2D eigenvalue weighted by atomic mass is 9.98. The largest absolute Gasteiger partial charge is 0.342 e. The van der Waals surface area contributed by atoms with Gasteiger partial charge < -0.3 is 4.90 Å². The molecule has 1 saturated heterocycles. The van der Waals surface area contributed by atoms with Gasteiger partial charge in [0.1, 0.15) is 0 Å². The minimum Gasteiger partial charge on any atom is -0.342 e. The normalized spacial score (nSPS) is 17.4. The molecule has 0 atom stereocenters. The molecule has 0 bridgehead atoms. The molecule has 94 valence electrons. The summed E-state index contributed by atoms with van der Waals surface area (Å²) in [4.78, 5) is 14.1. The third-order valence-electron chi connectivity index (χ3n) is 3.00. The predicted molar refractivity (Wildman–Crippen MR) is 75.3 cm³/mol. The molecular weight excluding hydrogens is 286 g/mol. The molecule has 0 N–H and O–H groups in total. The lowest BCUT2D eigenvalue weighted by Gasteiger charge is -2.26. The molecule has 1 heterocycles. The van der Waals surface area contributed by atoms with E-state index in [0.29, 0.717) is 11.8 Å². The first-order valence-corrected chi connectivity index (χ1v) is 8.47. The average Bonchev–Trinajstić information content (AvgIpc) is 2.30. The monoisotopic (exact) mass is 307 g/mol. The Hall–Kier alpha value is 0.300. The van der Waals surface area contributed by atoms with Crippen LogP contribution in [0.4, 0.5) is 0 Å². The fourth-order valence-corrected chi connectivity index (χ4v) is 3.69. The topological polar surface area (TPSA) is 20.3 Å². The Morgan fingerprint density at radius 1 is 1.38 bits per heavy atom. The van der Waals surface area contributed by atoms with E-state index in [4.69, 9.17) is 0 Å². The highest BCUT2D eigenvalue weighted by atomic mass is 79.9. The molecule has 1 fully saturated rings. The molecule has 0 aromatic carbocycles. The number of amides is 1. The summed E-state index contributed by atoms with van der Waals surface area (Å²) in [5, 5.41) is 0.888. The molecule has 0 radical (unpaired) electrons. The summed E-state index contributed by atoms with van der Waals surface area (Å²) in [5.41, 5.74) is 0. The maximum Gasteiger partial charge on any atom is 0.222 e. The third-order valence-corrected chi connectivity index (χ3v) is 4.41. The third kappa shape index (κ3) is 5.09. The average molecular weight is 308 g/mol. The second kappa shape index (κ2) is 8.40. The Kier molecular flexibility index (Phi) is 7.54. The molecule has 1 amide bonds. The van der Waals surface area contributed by atoms with Crippen molar-refractivity contribution in [1.29, 1.82) is 0 Å². The van der Waals surface area contributed by atoms with E-state index in [1.54, 1.807) is 0 Å². The smallest absolute Gasteiger partial charge is 0.222 e. The number of thioether (sulfide) groups is 1. The lowest BCUT2D eigenvalue weighted by molar-refractivity contribution is -0.132. The first-order valence-electron chi connectivity index (χ1n) is 6.19. The standard InChI is InChI=1S/C12H22BrNOS/c1-2-6-14(7-5-13)12(15)10-11-3-8-16-9-4-11/h11H,2-10H2,1H3. The molecule has 0 aromatic heterocycles.